The topological polar surface area (TPSA) is 73.3 Å². The summed E-state index contributed by atoms with van der Waals surface area (Å²) in [6.07, 6.45) is -9.35. The molecule has 0 unspecified atom stereocenters. The zero-order chi connectivity index (χ0) is 30.2. The van der Waals surface area contributed by atoms with Gasteiger partial charge in [0.1, 0.15) is 5.82 Å². The number of nitrogens with zero attached hydrogens (tertiary/aromatic N) is 2. The predicted molar refractivity (Wildman–Crippen MR) is 144 cm³/mol. The minimum atomic E-state index is -4.67. The fourth-order valence-electron chi connectivity index (χ4n) is 3.76. The predicted octanol–water partition coefficient (Wildman–Crippen LogP) is 7.42. The molecule has 3 aromatic carbocycles. The molecule has 0 aliphatic heterocycles. The number of halogens is 6. The van der Waals surface area contributed by atoms with Crippen molar-refractivity contribution < 1.29 is 40.6 Å². The van der Waals surface area contributed by atoms with Crippen LogP contribution >= 0.6 is 11.8 Å². The Hall–Kier alpha value is -4.26. The van der Waals surface area contributed by atoms with E-state index in [1.165, 1.54) is 11.8 Å². The van der Waals surface area contributed by atoms with Crippen LogP contribution in [0.25, 0.3) is 0 Å². The Kier molecular flexibility index (Phi) is 9.94. The van der Waals surface area contributed by atoms with Gasteiger partial charge in [-0.25, -0.2) is 0 Å². The number of benzene rings is 3. The van der Waals surface area contributed by atoms with Crippen molar-refractivity contribution in [2.45, 2.75) is 28.9 Å². The molecule has 4 aromatic rings. The summed E-state index contributed by atoms with van der Waals surface area (Å²) in [6.45, 7) is -3.37. The normalized spacial score (nSPS) is 11.8. The molecule has 0 saturated heterocycles. The van der Waals surface area contributed by atoms with E-state index < -0.39 is 43.2 Å². The smallest absolute Gasteiger partial charge is 0.422 e. The van der Waals surface area contributed by atoms with Gasteiger partial charge in [0, 0.05) is 10.6 Å². The van der Waals surface area contributed by atoms with Gasteiger partial charge in [0.25, 0.3) is 0 Å². The molecule has 13 heteroatoms. The van der Waals surface area contributed by atoms with Crippen molar-refractivity contribution >= 4 is 23.4 Å². The number of rotatable bonds is 11. The number of aromatic nitrogens is 2. The van der Waals surface area contributed by atoms with Crippen LogP contribution in [0.5, 0.6) is 11.8 Å². The number of anilines is 1. The maximum absolute atomic E-state index is 13.3. The second-order valence-electron chi connectivity index (χ2n) is 8.83. The van der Waals surface area contributed by atoms with Crippen molar-refractivity contribution in [3.8, 4) is 11.8 Å². The Balaban J connectivity index is 1.43. The molecule has 0 radical (unpaired) electrons. The molecular weight excluding hydrogens is 584 g/mol. The molecule has 6 nitrogen and oxygen atoms in total. The van der Waals surface area contributed by atoms with Crippen LogP contribution in [0.4, 0.5) is 32.0 Å². The third-order valence-electron chi connectivity index (χ3n) is 5.51. The Bertz CT molecular complexity index is 1380. The van der Waals surface area contributed by atoms with Gasteiger partial charge < -0.3 is 14.8 Å². The van der Waals surface area contributed by atoms with Crippen LogP contribution in [0.2, 0.25) is 0 Å². The van der Waals surface area contributed by atoms with Crippen LogP contribution in [-0.4, -0.2) is 41.4 Å². The lowest BCUT2D eigenvalue weighted by atomic mass is 9.90. The lowest BCUT2D eigenvalue weighted by molar-refractivity contribution is -0.154. The fraction of sp³-hybridized carbons (Fsp3) is 0.207. The Labute approximate surface area is 241 Å². The highest BCUT2D eigenvalue weighted by molar-refractivity contribution is 7.98. The van der Waals surface area contributed by atoms with Gasteiger partial charge in [-0.1, -0.05) is 60.7 Å². The molecule has 1 aromatic heterocycles. The molecule has 0 spiro atoms. The first-order chi connectivity index (χ1) is 19.9. The standard InChI is InChI=1S/C29H23F6N3O3S/c30-28(31,32)17-40-24-15-25(41-18-29(33,34)35)38-23(37-24)16-42-22-13-11-21(12-14-22)36-27(39)26(19-7-3-1-4-8-19)20-9-5-2-6-10-20/h1-15,26H,16-18H2,(H,36,39). The highest BCUT2D eigenvalue weighted by Gasteiger charge is 2.30. The van der Waals surface area contributed by atoms with Crippen LogP contribution < -0.4 is 14.8 Å². The average molecular weight is 608 g/mol. The Morgan fingerprint density at radius 3 is 1.67 bits per heavy atom. The molecule has 1 heterocycles. The number of nitrogens with one attached hydrogen (secondary N) is 1. The molecule has 0 saturated carbocycles. The molecule has 1 N–H and O–H groups in total. The minimum absolute atomic E-state index is 0.0125. The average Bonchev–Trinajstić information content (AvgIpc) is 2.95. The van der Waals surface area contributed by atoms with Crippen molar-refractivity contribution in [3.63, 3.8) is 0 Å². The van der Waals surface area contributed by atoms with E-state index in [0.717, 1.165) is 17.2 Å². The molecule has 42 heavy (non-hydrogen) atoms. The van der Waals surface area contributed by atoms with Gasteiger partial charge in [-0.2, -0.15) is 36.3 Å². The Morgan fingerprint density at radius 1 is 0.738 bits per heavy atom. The van der Waals surface area contributed by atoms with Gasteiger partial charge in [0.15, 0.2) is 13.2 Å². The Morgan fingerprint density at radius 2 is 1.21 bits per heavy atom. The monoisotopic (exact) mass is 607 g/mol. The van der Waals surface area contributed by atoms with Crippen molar-refractivity contribution in [2.75, 3.05) is 18.5 Å². The fourth-order valence-corrected chi connectivity index (χ4v) is 4.51. The molecule has 1 amide bonds. The summed E-state index contributed by atoms with van der Waals surface area (Å²) in [7, 11) is 0. The molecule has 0 aliphatic rings. The van der Waals surface area contributed by atoms with E-state index in [-0.39, 0.29) is 17.5 Å². The number of alkyl halides is 6. The minimum Gasteiger partial charge on any atom is -0.468 e. The number of carbonyl (C=O) groups excluding carboxylic acids is 1. The van der Waals surface area contributed by atoms with E-state index in [4.69, 9.17) is 0 Å². The van der Waals surface area contributed by atoms with E-state index in [0.29, 0.717) is 10.6 Å². The number of ether oxygens (including phenoxy) is 2. The second kappa shape index (κ2) is 13.6. The van der Waals surface area contributed by atoms with Crippen LogP contribution in [-0.2, 0) is 10.5 Å². The first-order valence-electron chi connectivity index (χ1n) is 12.4. The van der Waals surface area contributed by atoms with Crippen LogP contribution in [0.3, 0.4) is 0 Å². The van der Waals surface area contributed by atoms with Gasteiger partial charge in [0.2, 0.25) is 17.7 Å². The summed E-state index contributed by atoms with van der Waals surface area (Å²) in [5.41, 5.74) is 2.18. The van der Waals surface area contributed by atoms with Gasteiger partial charge in [-0.05, 0) is 35.4 Å². The largest absolute Gasteiger partial charge is 0.468 e. The van der Waals surface area contributed by atoms with Gasteiger partial charge >= 0.3 is 12.4 Å². The first-order valence-corrected chi connectivity index (χ1v) is 13.3. The summed E-state index contributed by atoms with van der Waals surface area (Å²) in [5, 5.41) is 2.92. The van der Waals surface area contributed by atoms with E-state index in [1.807, 2.05) is 60.7 Å². The van der Waals surface area contributed by atoms with E-state index in [1.54, 1.807) is 24.3 Å². The molecule has 220 valence electrons. The van der Waals surface area contributed by atoms with Gasteiger partial charge in [-0.15, -0.1) is 11.8 Å². The van der Waals surface area contributed by atoms with Crippen molar-refractivity contribution in [3.05, 3.63) is 108 Å². The molecule has 0 fully saturated rings. The third kappa shape index (κ3) is 9.68. The number of thioether (sulfide) groups is 1. The summed E-state index contributed by atoms with van der Waals surface area (Å²) in [5.74, 6) is -2.02. The maximum atomic E-state index is 13.3. The summed E-state index contributed by atoms with van der Waals surface area (Å²) in [6, 6.07) is 26.2. The van der Waals surface area contributed by atoms with Crippen molar-refractivity contribution in [1.29, 1.82) is 0 Å². The number of hydrogen-bond acceptors (Lipinski definition) is 6. The number of hydrogen-bond donors (Lipinski definition) is 1. The first kappa shape index (κ1) is 30.7. The highest BCUT2D eigenvalue weighted by atomic mass is 32.2. The van der Waals surface area contributed by atoms with E-state index >= 15 is 0 Å². The summed E-state index contributed by atoms with van der Waals surface area (Å²) in [4.78, 5) is 21.7. The van der Waals surface area contributed by atoms with Crippen LogP contribution in [0.15, 0.2) is 95.9 Å². The van der Waals surface area contributed by atoms with Crippen LogP contribution in [0, 0.1) is 0 Å². The molecule has 0 atom stereocenters. The zero-order valence-corrected chi connectivity index (χ0v) is 22.5. The molecule has 0 bridgehead atoms. The van der Waals surface area contributed by atoms with Crippen LogP contribution in [0.1, 0.15) is 22.9 Å². The zero-order valence-electron chi connectivity index (χ0n) is 21.7. The van der Waals surface area contributed by atoms with E-state index in [2.05, 4.69) is 24.8 Å². The highest BCUT2D eigenvalue weighted by Crippen LogP contribution is 2.29. The number of carbonyl (C=O) groups is 1. The SMILES string of the molecule is O=C(Nc1ccc(SCc2nc(OCC(F)(F)F)cc(OCC(F)(F)F)n2)cc1)C(c1ccccc1)c1ccccc1. The van der Waals surface area contributed by atoms with Crippen molar-refractivity contribution in [2.24, 2.45) is 0 Å². The summed E-state index contributed by atoms with van der Waals surface area (Å²) < 4.78 is 84.6. The number of amides is 1. The molecule has 4 rings (SSSR count). The van der Waals surface area contributed by atoms with E-state index in [9.17, 15) is 31.1 Å². The molecular formula is C29H23F6N3O3S. The molecule has 0 aliphatic carbocycles. The van der Waals surface area contributed by atoms with Gasteiger partial charge in [-0.3, -0.25) is 4.79 Å². The van der Waals surface area contributed by atoms with Gasteiger partial charge in [0.05, 0.1) is 17.7 Å². The lowest BCUT2D eigenvalue weighted by Gasteiger charge is -2.18. The second-order valence-corrected chi connectivity index (χ2v) is 9.87. The third-order valence-corrected chi connectivity index (χ3v) is 6.52. The quantitative estimate of drug-likeness (QED) is 0.141. The summed E-state index contributed by atoms with van der Waals surface area (Å²) >= 11 is 1.17. The maximum Gasteiger partial charge on any atom is 0.422 e. The van der Waals surface area contributed by atoms with Crippen molar-refractivity contribution in [1.82, 2.24) is 9.97 Å². The lowest BCUT2D eigenvalue weighted by Crippen LogP contribution is -2.22.